The highest BCUT2D eigenvalue weighted by Gasteiger charge is 2.05. The van der Waals surface area contributed by atoms with E-state index in [2.05, 4.69) is 9.82 Å². The Hall–Kier alpha value is -1.93. The van der Waals surface area contributed by atoms with Crippen LogP contribution in [0.15, 0.2) is 15.8 Å². The van der Waals surface area contributed by atoms with Crippen molar-refractivity contribution in [3.05, 3.63) is 32.6 Å². The third-order valence-electron chi connectivity index (χ3n) is 1.92. The fourth-order valence-corrected chi connectivity index (χ4v) is 1.11. The maximum atomic E-state index is 11.3. The number of carbonyl (C=O) groups excluding carboxylic acids is 1. The molecule has 0 aliphatic carbocycles. The van der Waals surface area contributed by atoms with Crippen molar-refractivity contribution < 1.29 is 9.63 Å². The van der Waals surface area contributed by atoms with Crippen LogP contribution in [0.2, 0.25) is 0 Å². The average Bonchev–Trinajstić information content (AvgIpc) is 2.22. The van der Waals surface area contributed by atoms with Gasteiger partial charge in [-0.3, -0.25) is 19.1 Å². The van der Waals surface area contributed by atoms with Crippen LogP contribution in [-0.2, 0) is 16.2 Å². The van der Waals surface area contributed by atoms with Crippen molar-refractivity contribution in [3.8, 4) is 0 Å². The molecule has 0 bridgehead atoms. The lowest BCUT2D eigenvalue weighted by Gasteiger charge is -2.05. The van der Waals surface area contributed by atoms with Crippen molar-refractivity contribution >= 4 is 5.97 Å². The standard InChI is InChI=1S/C8H12N4O4/c1-5-4-12(8(15)10-7(5)14)3-2-6(13)16-11-9/h4,11H,2-3,9H2,1H3,(H,10,14,15). The number of aromatic nitrogens is 2. The normalized spacial score (nSPS) is 10.1. The largest absolute Gasteiger partial charge is 0.356 e. The third-order valence-corrected chi connectivity index (χ3v) is 1.92. The summed E-state index contributed by atoms with van der Waals surface area (Å²) in [5.74, 6) is 4.16. The number of nitrogens with one attached hydrogen (secondary N) is 2. The Kier molecular flexibility index (Phi) is 3.97. The molecule has 88 valence electrons. The first-order chi connectivity index (χ1) is 7.54. The molecule has 1 rings (SSSR count). The zero-order valence-electron chi connectivity index (χ0n) is 8.65. The Balaban J connectivity index is 2.75. The maximum absolute atomic E-state index is 11.3. The number of nitrogens with zero attached hydrogens (tertiary/aromatic N) is 1. The highest BCUT2D eigenvalue weighted by molar-refractivity contribution is 5.68. The molecule has 1 heterocycles. The van der Waals surface area contributed by atoms with E-state index in [1.54, 1.807) is 12.5 Å². The third kappa shape index (κ3) is 3.04. The summed E-state index contributed by atoms with van der Waals surface area (Å²) in [6.45, 7) is 1.67. The van der Waals surface area contributed by atoms with Crippen molar-refractivity contribution in [2.45, 2.75) is 19.9 Å². The summed E-state index contributed by atoms with van der Waals surface area (Å²) >= 11 is 0. The predicted octanol–water partition coefficient (Wildman–Crippen LogP) is -1.84. The monoisotopic (exact) mass is 228 g/mol. The van der Waals surface area contributed by atoms with Gasteiger partial charge in [-0.05, 0) is 6.92 Å². The first-order valence-corrected chi connectivity index (χ1v) is 4.50. The van der Waals surface area contributed by atoms with E-state index in [4.69, 9.17) is 5.84 Å². The number of rotatable bonds is 4. The van der Waals surface area contributed by atoms with E-state index < -0.39 is 17.2 Å². The summed E-state index contributed by atoms with van der Waals surface area (Å²) in [6, 6.07) is 0. The number of nitrogens with two attached hydrogens (primary N) is 1. The Bertz CT molecular complexity index is 490. The Morgan fingerprint density at radius 1 is 1.62 bits per heavy atom. The van der Waals surface area contributed by atoms with Gasteiger partial charge in [0.15, 0.2) is 0 Å². The molecule has 4 N–H and O–H groups in total. The predicted molar refractivity (Wildman–Crippen MR) is 54.1 cm³/mol. The molecule has 16 heavy (non-hydrogen) atoms. The lowest BCUT2D eigenvalue weighted by atomic mass is 10.3. The average molecular weight is 228 g/mol. The molecule has 1 aromatic heterocycles. The van der Waals surface area contributed by atoms with Gasteiger partial charge in [0.05, 0.1) is 6.42 Å². The summed E-state index contributed by atoms with van der Waals surface area (Å²) in [5.41, 5.74) is 1.13. The van der Waals surface area contributed by atoms with Crippen LogP contribution < -0.4 is 22.7 Å². The van der Waals surface area contributed by atoms with Crippen LogP contribution in [0.4, 0.5) is 0 Å². The van der Waals surface area contributed by atoms with E-state index >= 15 is 0 Å². The first-order valence-electron chi connectivity index (χ1n) is 4.50. The molecule has 0 saturated heterocycles. The Morgan fingerprint density at radius 2 is 2.31 bits per heavy atom. The minimum Gasteiger partial charge on any atom is -0.356 e. The molecule has 0 aliphatic heterocycles. The molecule has 0 atom stereocenters. The molecule has 0 radical (unpaired) electrons. The second-order valence-electron chi connectivity index (χ2n) is 3.11. The van der Waals surface area contributed by atoms with Crippen LogP contribution in [0.25, 0.3) is 0 Å². The quantitative estimate of drug-likeness (QED) is 0.411. The van der Waals surface area contributed by atoms with Crippen LogP contribution in [0.3, 0.4) is 0 Å². The fourth-order valence-electron chi connectivity index (χ4n) is 1.11. The Labute approximate surface area is 90.0 Å². The molecule has 0 aliphatic rings. The lowest BCUT2D eigenvalue weighted by molar-refractivity contribution is -0.151. The molecule has 0 fully saturated rings. The minimum absolute atomic E-state index is 0.0322. The number of aryl methyl sites for hydroxylation is 2. The van der Waals surface area contributed by atoms with Crippen molar-refractivity contribution in [1.82, 2.24) is 15.1 Å². The van der Waals surface area contributed by atoms with E-state index in [1.165, 1.54) is 10.8 Å². The van der Waals surface area contributed by atoms with Gasteiger partial charge in [0.25, 0.3) is 5.56 Å². The van der Waals surface area contributed by atoms with Gasteiger partial charge in [-0.2, -0.15) is 0 Å². The first kappa shape index (κ1) is 12.1. The number of hydrogen-bond acceptors (Lipinski definition) is 6. The number of hydrogen-bond donors (Lipinski definition) is 3. The molecule has 0 saturated carbocycles. The van der Waals surface area contributed by atoms with Gasteiger partial charge < -0.3 is 4.84 Å². The van der Waals surface area contributed by atoms with Gasteiger partial charge >= 0.3 is 11.7 Å². The van der Waals surface area contributed by atoms with Crippen LogP contribution in [0.5, 0.6) is 0 Å². The zero-order valence-corrected chi connectivity index (χ0v) is 8.65. The van der Waals surface area contributed by atoms with Crippen LogP contribution in [0.1, 0.15) is 12.0 Å². The second kappa shape index (κ2) is 5.24. The van der Waals surface area contributed by atoms with E-state index in [9.17, 15) is 14.4 Å². The topological polar surface area (TPSA) is 119 Å². The van der Waals surface area contributed by atoms with Crippen LogP contribution in [0, 0.1) is 6.92 Å². The number of aromatic amines is 1. The summed E-state index contributed by atoms with van der Waals surface area (Å²) in [7, 11) is 0. The molecule has 8 heteroatoms. The Morgan fingerprint density at radius 3 is 2.94 bits per heavy atom. The number of H-pyrrole nitrogens is 1. The number of carbonyl (C=O) groups is 1. The highest BCUT2D eigenvalue weighted by Crippen LogP contribution is 1.90. The van der Waals surface area contributed by atoms with Crippen molar-refractivity contribution in [3.63, 3.8) is 0 Å². The summed E-state index contributed by atoms with van der Waals surface area (Å²) < 4.78 is 1.22. The highest BCUT2D eigenvalue weighted by atomic mass is 16.7. The van der Waals surface area contributed by atoms with E-state index in [0.717, 1.165) is 0 Å². The van der Waals surface area contributed by atoms with Crippen molar-refractivity contribution in [2.24, 2.45) is 5.84 Å². The summed E-state index contributed by atoms with van der Waals surface area (Å²) in [5, 5.41) is 0. The van der Waals surface area contributed by atoms with Crippen molar-refractivity contribution in [1.29, 1.82) is 0 Å². The van der Waals surface area contributed by atoms with Crippen LogP contribution in [-0.4, -0.2) is 15.5 Å². The maximum Gasteiger partial charge on any atom is 0.328 e. The molecule has 8 nitrogen and oxygen atoms in total. The summed E-state index contributed by atoms with van der Waals surface area (Å²) in [6.07, 6.45) is 1.35. The van der Waals surface area contributed by atoms with Gasteiger partial charge in [0.1, 0.15) is 0 Å². The van der Waals surface area contributed by atoms with E-state index in [0.29, 0.717) is 5.56 Å². The van der Waals surface area contributed by atoms with Crippen LogP contribution >= 0.6 is 0 Å². The SMILES string of the molecule is Cc1cn(CCC(=O)ONN)c(=O)[nH]c1=O. The fraction of sp³-hybridized carbons (Fsp3) is 0.375. The lowest BCUT2D eigenvalue weighted by Crippen LogP contribution is -2.32. The van der Waals surface area contributed by atoms with Gasteiger partial charge in [-0.1, -0.05) is 5.59 Å². The molecule has 0 spiro atoms. The number of hydrazine groups is 1. The zero-order chi connectivity index (χ0) is 12.1. The molecular weight excluding hydrogens is 216 g/mol. The van der Waals surface area contributed by atoms with Gasteiger partial charge in [0.2, 0.25) is 0 Å². The molecular formula is C8H12N4O4. The molecule has 0 aromatic carbocycles. The van der Waals surface area contributed by atoms with Gasteiger partial charge in [-0.15, -0.1) is 0 Å². The summed E-state index contributed by atoms with van der Waals surface area (Å²) in [4.78, 5) is 39.6. The van der Waals surface area contributed by atoms with Gasteiger partial charge in [-0.25, -0.2) is 10.6 Å². The minimum atomic E-state index is -0.599. The molecule has 0 unspecified atom stereocenters. The van der Waals surface area contributed by atoms with E-state index in [-0.39, 0.29) is 13.0 Å². The second-order valence-corrected chi connectivity index (χ2v) is 3.11. The van der Waals surface area contributed by atoms with Crippen molar-refractivity contribution in [2.75, 3.05) is 0 Å². The smallest absolute Gasteiger partial charge is 0.328 e. The molecule has 0 amide bonds. The van der Waals surface area contributed by atoms with E-state index in [1.807, 2.05) is 0 Å². The van der Waals surface area contributed by atoms with Gasteiger partial charge in [0, 0.05) is 18.3 Å². The molecule has 1 aromatic rings.